The highest BCUT2D eigenvalue weighted by Crippen LogP contribution is 2.28. The molecule has 0 saturated carbocycles. The summed E-state index contributed by atoms with van der Waals surface area (Å²) in [4.78, 5) is 21.2. The molecule has 1 fully saturated rings. The van der Waals surface area contributed by atoms with E-state index in [1.807, 2.05) is 29.2 Å². The van der Waals surface area contributed by atoms with Crippen LogP contribution in [0.15, 0.2) is 42.6 Å². The summed E-state index contributed by atoms with van der Waals surface area (Å²) in [6, 6.07) is 13.6. The summed E-state index contributed by atoms with van der Waals surface area (Å²) >= 11 is 0. The number of aromatic nitrogens is 1. The Morgan fingerprint density at radius 1 is 1.15 bits per heavy atom. The van der Waals surface area contributed by atoms with Crippen molar-refractivity contribution in [3.8, 4) is 11.8 Å². The molecule has 1 atom stereocenters. The number of amides is 1. The number of nitrogens with zero attached hydrogens (tertiary/aromatic N) is 4. The monoisotopic (exact) mass is 348 g/mol. The van der Waals surface area contributed by atoms with Gasteiger partial charge in [-0.25, -0.2) is 4.98 Å². The summed E-state index contributed by atoms with van der Waals surface area (Å²) in [7, 11) is 0. The maximum Gasteiger partial charge on any atom is 0.229 e. The minimum atomic E-state index is -0.124. The van der Waals surface area contributed by atoms with Gasteiger partial charge in [0.1, 0.15) is 24.2 Å². The summed E-state index contributed by atoms with van der Waals surface area (Å²) in [5.41, 5.74) is 1.67. The van der Waals surface area contributed by atoms with Crippen LogP contribution in [0.1, 0.15) is 11.1 Å². The van der Waals surface area contributed by atoms with Gasteiger partial charge in [0.2, 0.25) is 5.91 Å². The molecule has 2 aromatic rings. The summed E-state index contributed by atoms with van der Waals surface area (Å²) < 4.78 is 5.76. The first-order valence-corrected chi connectivity index (χ1v) is 8.86. The second-order valence-corrected chi connectivity index (χ2v) is 6.62. The van der Waals surface area contributed by atoms with Crippen LogP contribution in [-0.2, 0) is 11.2 Å². The van der Waals surface area contributed by atoms with E-state index in [1.54, 1.807) is 18.3 Å². The van der Waals surface area contributed by atoms with Crippen molar-refractivity contribution in [1.82, 2.24) is 9.88 Å². The highest BCUT2D eigenvalue weighted by molar-refractivity contribution is 5.80. The number of anilines is 1. The standard InChI is InChI=1S/C20H20N4O2/c21-13-16-5-3-7-22-19(16)23-8-10-24(11-9-23)20(25)17-12-15-4-1-2-6-18(15)26-14-17/h1-7,17H,8-12,14H2. The van der Waals surface area contributed by atoms with Crippen LogP contribution in [0.4, 0.5) is 5.82 Å². The molecule has 4 rings (SSSR count). The third kappa shape index (κ3) is 3.08. The topological polar surface area (TPSA) is 69.5 Å². The van der Waals surface area contributed by atoms with Crippen LogP contribution in [0.3, 0.4) is 0 Å². The Morgan fingerprint density at radius 3 is 2.77 bits per heavy atom. The number of ether oxygens (including phenoxy) is 1. The van der Waals surface area contributed by atoms with Gasteiger partial charge in [0.25, 0.3) is 0 Å². The largest absolute Gasteiger partial charge is 0.492 e. The number of rotatable bonds is 2. The van der Waals surface area contributed by atoms with Crippen molar-refractivity contribution in [2.24, 2.45) is 5.92 Å². The first kappa shape index (κ1) is 16.4. The Bertz CT molecular complexity index is 853. The van der Waals surface area contributed by atoms with E-state index in [0.29, 0.717) is 44.2 Å². The Morgan fingerprint density at radius 2 is 1.96 bits per heavy atom. The zero-order valence-corrected chi connectivity index (χ0v) is 14.5. The lowest BCUT2D eigenvalue weighted by molar-refractivity contribution is -0.137. The maximum absolute atomic E-state index is 12.9. The molecule has 1 aromatic carbocycles. The van der Waals surface area contributed by atoms with Gasteiger partial charge < -0.3 is 14.5 Å². The summed E-state index contributed by atoms with van der Waals surface area (Å²) in [5, 5.41) is 9.24. The molecule has 0 bridgehead atoms. The van der Waals surface area contributed by atoms with Crippen molar-refractivity contribution in [3.63, 3.8) is 0 Å². The van der Waals surface area contributed by atoms with Crippen molar-refractivity contribution < 1.29 is 9.53 Å². The van der Waals surface area contributed by atoms with Crippen LogP contribution in [-0.4, -0.2) is 48.6 Å². The van der Waals surface area contributed by atoms with Crippen LogP contribution >= 0.6 is 0 Å². The van der Waals surface area contributed by atoms with Crippen molar-refractivity contribution in [2.75, 3.05) is 37.7 Å². The predicted octanol–water partition coefficient (Wildman–Crippen LogP) is 1.85. The first-order valence-electron chi connectivity index (χ1n) is 8.86. The number of hydrogen-bond acceptors (Lipinski definition) is 5. The van der Waals surface area contributed by atoms with Crippen LogP contribution in [0.5, 0.6) is 5.75 Å². The summed E-state index contributed by atoms with van der Waals surface area (Å²) in [6.07, 6.45) is 2.43. The van der Waals surface area contributed by atoms with Gasteiger partial charge >= 0.3 is 0 Å². The predicted molar refractivity (Wildman–Crippen MR) is 96.9 cm³/mol. The normalized spacial score (nSPS) is 19.3. The second-order valence-electron chi connectivity index (χ2n) is 6.62. The molecule has 2 aliphatic rings. The summed E-state index contributed by atoms with van der Waals surface area (Å²) in [5.74, 6) is 1.62. The van der Waals surface area contributed by atoms with Gasteiger partial charge in [-0.3, -0.25) is 4.79 Å². The fourth-order valence-corrected chi connectivity index (χ4v) is 3.62. The van der Waals surface area contributed by atoms with E-state index in [4.69, 9.17) is 4.74 Å². The zero-order valence-electron chi connectivity index (χ0n) is 14.5. The Kier molecular flexibility index (Phi) is 4.44. The van der Waals surface area contributed by atoms with Crippen LogP contribution < -0.4 is 9.64 Å². The van der Waals surface area contributed by atoms with Gasteiger partial charge in [0.05, 0.1) is 11.5 Å². The molecule has 132 valence electrons. The lowest BCUT2D eigenvalue weighted by atomic mass is 9.95. The number of nitriles is 1. The van der Waals surface area contributed by atoms with Crippen molar-refractivity contribution in [2.45, 2.75) is 6.42 Å². The summed E-state index contributed by atoms with van der Waals surface area (Å²) in [6.45, 7) is 3.08. The van der Waals surface area contributed by atoms with E-state index in [9.17, 15) is 10.1 Å². The number of benzene rings is 1. The van der Waals surface area contributed by atoms with E-state index in [2.05, 4.69) is 16.0 Å². The first-order chi connectivity index (χ1) is 12.8. The SMILES string of the molecule is N#Cc1cccnc1N1CCN(C(=O)C2COc3ccccc3C2)CC1. The molecule has 6 nitrogen and oxygen atoms in total. The maximum atomic E-state index is 12.9. The molecule has 3 heterocycles. The third-order valence-corrected chi connectivity index (χ3v) is 5.03. The zero-order chi connectivity index (χ0) is 17.9. The molecule has 1 aromatic heterocycles. The van der Waals surface area contributed by atoms with Gasteiger partial charge in [-0.1, -0.05) is 18.2 Å². The molecule has 1 amide bonds. The van der Waals surface area contributed by atoms with Gasteiger partial charge in [0, 0.05) is 32.4 Å². The number of hydrogen-bond donors (Lipinski definition) is 0. The van der Waals surface area contributed by atoms with E-state index >= 15 is 0 Å². The molecule has 26 heavy (non-hydrogen) atoms. The molecule has 6 heteroatoms. The van der Waals surface area contributed by atoms with Crippen molar-refractivity contribution in [1.29, 1.82) is 5.26 Å². The molecular weight excluding hydrogens is 328 g/mol. The number of para-hydroxylation sites is 1. The number of carbonyl (C=O) groups excluding carboxylic acids is 1. The number of piperazine rings is 1. The minimum absolute atomic E-state index is 0.124. The quantitative estimate of drug-likeness (QED) is 0.828. The molecular formula is C20H20N4O2. The lowest BCUT2D eigenvalue weighted by Crippen LogP contribution is -2.52. The molecule has 1 saturated heterocycles. The minimum Gasteiger partial charge on any atom is -0.492 e. The average Bonchev–Trinajstić information content (AvgIpc) is 2.73. The fraction of sp³-hybridized carbons (Fsp3) is 0.350. The van der Waals surface area contributed by atoms with Crippen LogP contribution in [0.25, 0.3) is 0 Å². The molecule has 2 aliphatic heterocycles. The highest BCUT2D eigenvalue weighted by Gasteiger charge is 2.31. The molecule has 0 spiro atoms. The van der Waals surface area contributed by atoms with Crippen LogP contribution in [0.2, 0.25) is 0 Å². The second kappa shape index (κ2) is 7.04. The number of fused-ring (bicyclic) bond motifs is 1. The number of pyridine rings is 1. The molecule has 0 radical (unpaired) electrons. The van der Waals surface area contributed by atoms with Gasteiger partial charge in [-0.05, 0) is 30.2 Å². The van der Waals surface area contributed by atoms with E-state index in [0.717, 1.165) is 17.7 Å². The van der Waals surface area contributed by atoms with E-state index in [1.165, 1.54) is 0 Å². The molecule has 0 aliphatic carbocycles. The smallest absolute Gasteiger partial charge is 0.229 e. The average molecular weight is 348 g/mol. The van der Waals surface area contributed by atoms with Crippen molar-refractivity contribution >= 4 is 11.7 Å². The Balaban J connectivity index is 1.39. The van der Waals surface area contributed by atoms with E-state index in [-0.39, 0.29) is 11.8 Å². The molecule has 0 N–H and O–H groups in total. The fourth-order valence-electron chi connectivity index (χ4n) is 3.62. The van der Waals surface area contributed by atoms with Crippen molar-refractivity contribution in [3.05, 3.63) is 53.7 Å². The van der Waals surface area contributed by atoms with Gasteiger partial charge in [0.15, 0.2) is 0 Å². The number of carbonyl (C=O) groups is 1. The van der Waals surface area contributed by atoms with Crippen LogP contribution in [0, 0.1) is 17.2 Å². The third-order valence-electron chi connectivity index (χ3n) is 5.03. The highest BCUT2D eigenvalue weighted by atomic mass is 16.5. The Labute approximate surface area is 152 Å². The van der Waals surface area contributed by atoms with E-state index < -0.39 is 0 Å². The molecule has 1 unspecified atom stereocenters. The lowest BCUT2D eigenvalue weighted by Gasteiger charge is -2.38. The Hall–Kier alpha value is -3.07. The van der Waals surface area contributed by atoms with Gasteiger partial charge in [-0.2, -0.15) is 5.26 Å². The van der Waals surface area contributed by atoms with Gasteiger partial charge in [-0.15, -0.1) is 0 Å².